The summed E-state index contributed by atoms with van der Waals surface area (Å²) in [4.78, 5) is 27.3. The summed E-state index contributed by atoms with van der Waals surface area (Å²) in [6.07, 6.45) is 4.84. The van der Waals surface area contributed by atoms with Crippen LogP contribution in [0.3, 0.4) is 0 Å². The summed E-state index contributed by atoms with van der Waals surface area (Å²) in [5.74, 6) is -0.360. The van der Waals surface area contributed by atoms with Crippen LogP contribution in [0.25, 0.3) is 11.7 Å². The number of pyridine rings is 1. The molecule has 2 N–H and O–H groups in total. The van der Waals surface area contributed by atoms with E-state index in [-0.39, 0.29) is 17.7 Å². The predicted octanol–water partition coefficient (Wildman–Crippen LogP) is 1.89. The van der Waals surface area contributed by atoms with E-state index >= 15 is 0 Å². The number of nitrogens with one attached hydrogen (secondary N) is 2. The van der Waals surface area contributed by atoms with Crippen molar-refractivity contribution < 1.29 is 9.59 Å². The summed E-state index contributed by atoms with van der Waals surface area (Å²) in [5, 5.41) is 5.76. The molecule has 0 atom stereocenters. The second-order valence-electron chi connectivity index (χ2n) is 5.29. The average Bonchev–Trinajstić information content (AvgIpc) is 2.84. The molecule has 0 radical (unpaired) electrons. The highest BCUT2D eigenvalue weighted by molar-refractivity contribution is 6.31. The maximum absolute atomic E-state index is 11.8. The number of fused-ring (bicyclic) bond motifs is 1. The van der Waals surface area contributed by atoms with Gasteiger partial charge in [0.15, 0.2) is 5.15 Å². The first kappa shape index (κ1) is 17.0. The van der Waals surface area contributed by atoms with Gasteiger partial charge < -0.3 is 10.6 Å². The summed E-state index contributed by atoms with van der Waals surface area (Å²) in [5.41, 5.74) is 1.36. The van der Waals surface area contributed by atoms with Crippen LogP contribution in [0.15, 0.2) is 30.5 Å². The zero-order valence-corrected chi connectivity index (χ0v) is 13.8. The molecule has 0 spiro atoms. The van der Waals surface area contributed by atoms with E-state index in [9.17, 15) is 9.59 Å². The molecule has 0 aliphatic heterocycles. The van der Waals surface area contributed by atoms with Gasteiger partial charge in [-0.05, 0) is 18.2 Å². The van der Waals surface area contributed by atoms with Crippen molar-refractivity contribution in [2.75, 3.05) is 13.1 Å². The van der Waals surface area contributed by atoms with Gasteiger partial charge in [0.1, 0.15) is 5.65 Å². The Morgan fingerprint density at radius 2 is 2.04 bits per heavy atom. The van der Waals surface area contributed by atoms with Crippen molar-refractivity contribution in [1.82, 2.24) is 20.0 Å². The molecule has 0 bridgehead atoms. The lowest BCUT2D eigenvalue weighted by Gasteiger charge is -2.07. The Morgan fingerprint density at radius 3 is 2.78 bits per heavy atom. The number of halogens is 1. The minimum absolute atomic E-state index is 0.0349. The average molecular weight is 335 g/mol. The van der Waals surface area contributed by atoms with Gasteiger partial charge in [0.25, 0.3) is 0 Å². The van der Waals surface area contributed by atoms with Crippen molar-refractivity contribution in [1.29, 1.82) is 0 Å². The zero-order chi connectivity index (χ0) is 16.8. The second-order valence-corrected chi connectivity index (χ2v) is 5.64. The smallest absolute Gasteiger partial charge is 0.244 e. The predicted molar refractivity (Wildman–Crippen MR) is 90.1 cm³/mol. The standard InChI is InChI=1S/C16H19ClN4O2/c1-11(2)16(23)19-9-8-18-14(22)7-6-12-15(17)20-13-5-3-4-10-21(12)13/h3-7,10-11H,8-9H2,1-2H3,(H,18,22)(H,19,23). The van der Waals surface area contributed by atoms with Crippen molar-refractivity contribution >= 4 is 35.1 Å². The molecule has 6 nitrogen and oxygen atoms in total. The van der Waals surface area contributed by atoms with Gasteiger partial charge in [-0.1, -0.05) is 31.5 Å². The fraction of sp³-hybridized carbons (Fsp3) is 0.312. The molecule has 2 aromatic rings. The third-order valence-electron chi connectivity index (χ3n) is 3.16. The minimum Gasteiger partial charge on any atom is -0.354 e. The van der Waals surface area contributed by atoms with Crippen LogP contribution in [-0.2, 0) is 9.59 Å². The molecule has 2 aromatic heterocycles. The molecule has 2 rings (SSSR count). The maximum Gasteiger partial charge on any atom is 0.244 e. The van der Waals surface area contributed by atoms with Crippen molar-refractivity contribution in [3.8, 4) is 0 Å². The first-order chi connectivity index (χ1) is 11.0. The van der Waals surface area contributed by atoms with Crippen molar-refractivity contribution in [2.24, 2.45) is 5.92 Å². The lowest BCUT2D eigenvalue weighted by Crippen LogP contribution is -2.35. The molecule has 0 fully saturated rings. The fourth-order valence-electron chi connectivity index (χ4n) is 1.92. The van der Waals surface area contributed by atoms with E-state index in [0.717, 1.165) is 0 Å². The van der Waals surface area contributed by atoms with Crippen molar-refractivity contribution in [3.63, 3.8) is 0 Å². The van der Waals surface area contributed by atoms with Gasteiger partial charge in [0.05, 0.1) is 5.69 Å². The van der Waals surface area contributed by atoms with Crippen LogP contribution < -0.4 is 10.6 Å². The van der Waals surface area contributed by atoms with E-state index in [4.69, 9.17) is 11.6 Å². The lowest BCUT2D eigenvalue weighted by atomic mass is 10.2. The Morgan fingerprint density at radius 1 is 1.30 bits per heavy atom. The molecule has 0 aromatic carbocycles. The van der Waals surface area contributed by atoms with Crippen LogP contribution >= 0.6 is 11.6 Å². The molecule has 0 unspecified atom stereocenters. The van der Waals surface area contributed by atoms with Crippen molar-refractivity contribution in [3.05, 3.63) is 41.3 Å². The molecule has 0 aliphatic rings. The number of nitrogens with zero attached hydrogens (tertiary/aromatic N) is 2. The number of imidazole rings is 1. The Bertz CT molecular complexity index is 737. The third-order valence-corrected chi connectivity index (χ3v) is 3.44. The van der Waals surface area contributed by atoms with Gasteiger partial charge in [-0.15, -0.1) is 0 Å². The molecular formula is C16H19ClN4O2. The van der Waals surface area contributed by atoms with Crippen molar-refractivity contribution in [2.45, 2.75) is 13.8 Å². The zero-order valence-electron chi connectivity index (χ0n) is 13.0. The van der Waals surface area contributed by atoms with Crippen LogP contribution in [-0.4, -0.2) is 34.3 Å². The maximum atomic E-state index is 11.8. The largest absolute Gasteiger partial charge is 0.354 e. The monoisotopic (exact) mass is 334 g/mol. The van der Waals surface area contributed by atoms with Gasteiger partial charge in [-0.3, -0.25) is 14.0 Å². The van der Waals surface area contributed by atoms with E-state index in [1.165, 1.54) is 6.08 Å². The summed E-state index contributed by atoms with van der Waals surface area (Å²) in [6.45, 7) is 4.39. The molecule has 0 saturated carbocycles. The first-order valence-corrected chi connectivity index (χ1v) is 7.73. The summed E-state index contributed by atoms with van der Waals surface area (Å²) in [7, 11) is 0. The highest BCUT2D eigenvalue weighted by Gasteiger charge is 2.07. The Labute approximate surface area is 139 Å². The van der Waals surface area contributed by atoms with Crippen LogP contribution in [0.4, 0.5) is 0 Å². The number of aromatic nitrogens is 2. The van der Waals surface area contributed by atoms with E-state index in [1.54, 1.807) is 10.5 Å². The quantitative estimate of drug-likeness (QED) is 0.625. The molecule has 23 heavy (non-hydrogen) atoms. The van der Waals surface area contributed by atoms with Crippen LogP contribution in [0.5, 0.6) is 0 Å². The van der Waals surface area contributed by atoms with Crippen LogP contribution in [0, 0.1) is 5.92 Å². The normalized spacial score (nSPS) is 11.3. The van der Waals surface area contributed by atoms with E-state index in [0.29, 0.717) is 29.6 Å². The Hall–Kier alpha value is -2.34. The summed E-state index contributed by atoms with van der Waals surface area (Å²) < 4.78 is 1.80. The highest BCUT2D eigenvalue weighted by Crippen LogP contribution is 2.18. The third kappa shape index (κ3) is 4.56. The number of carbonyl (C=O) groups excluding carboxylic acids is 2. The number of hydrogen-bond donors (Lipinski definition) is 2. The van der Waals surface area contributed by atoms with Gasteiger partial charge in [0.2, 0.25) is 11.8 Å². The molecule has 7 heteroatoms. The fourth-order valence-corrected chi connectivity index (χ4v) is 2.16. The number of carbonyl (C=O) groups is 2. The van der Waals surface area contributed by atoms with E-state index in [2.05, 4.69) is 15.6 Å². The molecule has 122 valence electrons. The second kappa shape index (κ2) is 7.78. The minimum atomic E-state index is -0.259. The lowest BCUT2D eigenvalue weighted by molar-refractivity contribution is -0.124. The molecule has 0 saturated heterocycles. The van der Waals surface area contributed by atoms with Crippen LogP contribution in [0.1, 0.15) is 19.5 Å². The van der Waals surface area contributed by atoms with Gasteiger partial charge >= 0.3 is 0 Å². The topological polar surface area (TPSA) is 75.5 Å². The number of hydrogen-bond acceptors (Lipinski definition) is 3. The molecular weight excluding hydrogens is 316 g/mol. The summed E-state index contributed by atoms with van der Waals surface area (Å²) in [6, 6.07) is 5.56. The van der Waals surface area contributed by atoms with Gasteiger partial charge in [-0.2, -0.15) is 0 Å². The Balaban J connectivity index is 1.88. The molecule has 2 heterocycles. The van der Waals surface area contributed by atoms with Crippen LogP contribution in [0.2, 0.25) is 5.15 Å². The first-order valence-electron chi connectivity index (χ1n) is 7.35. The summed E-state index contributed by atoms with van der Waals surface area (Å²) >= 11 is 6.08. The van der Waals surface area contributed by atoms with E-state index in [1.807, 2.05) is 38.2 Å². The number of rotatable bonds is 6. The van der Waals surface area contributed by atoms with Gasteiger partial charge in [-0.25, -0.2) is 4.98 Å². The number of amides is 2. The molecule has 2 amide bonds. The molecule has 0 aliphatic carbocycles. The van der Waals surface area contributed by atoms with E-state index < -0.39 is 0 Å². The Kier molecular flexibility index (Phi) is 5.76. The van der Waals surface area contributed by atoms with Gasteiger partial charge in [0, 0.05) is 31.3 Å². The highest BCUT2D eigenvalue weighted by atomic mass is 35.5. The SMILES string of the molecule is CC(C)C(=O)NCCNC(=O)C=Cc1c(Cl)nc2ccccn12.